The van der Waals surface area contributed by atoms with Crippen LogP contribution in [0.2, 0.25) is 0 Å². The van der Waals surface area contributed by atoms with E-state index in [1.807, 2.05) is 0 Å². The van der Waals surface area contributed by atoms with Crippen molar-refractivity contribution in [2.75, 3.05) is 19.5 Å². The number of nitrogens with one attached hydrogen (secondary N) is 2. The van der Waals surface area contributed by atoms with Crippen LogP contribution in [0.5, 0.6) is 0 Å². The minimum absolute atomic E-state index is 0.194. The van der Waals surface area contributed by atoms with Crippen LogP contribution in [0.15, 0.2) is 24.3 Å². The molecular weight excluding hydrogens is 208 g/mol. The average molecular weight is 222 g/mol. The van der Waals surface area contributed by atoms with Crippen molar-refractivity contribution in [3.8, 4) is 0 Å². The Kier molecular flexibility index (Phi) is 4.32. The van der Waals surface area contributed by atoms with Gasteiger partial charge in [-0.1, -0.05) is 12.1 Å². The zero-order chi connectivity index (χ0) is 12.0. The normalized spacial score (nSPS) is 9.38. The highest BCUT2D eigenvalue weighted by molar-refractivity contribution is 5.89. The molecule has 0 bridgehead atoms. The molecule has 0 aliphatic carbocycles. The second-order valence-electron chi connectivity index (χ2n) is 3.16. The largest absolute Gasteiger partial charge is 0.469 e. The molecule has 0 aliphatic heterocycles. The van der Waals surface area contributed by atoms with Crippen LogP contribution in [0.25, 0.3) is 0 Å². The molecule has 1 aromatic carbocycles. The standard InChI is InChI=1S/C11H14N2O3/c1-12-11(15)13-9-5-3-4-8(6-9)7-10(14)16-2/h3-6H,7H2,1-2H3,(H2,12,13,15). The Morgan fingerprint density at radius 1 is 1.38 bits per heavy atom. The molecule has 0 saturated heterocycles. The summed E-state index contributed by atoms with van der Waals surface area (Å²) >= 11 is 0. The van der Waals surface area contributed by atoms with E-state index in [4.69, 9.17) is 0 Å². The number of ether oxygens (including phenoxy) is 1. The predicted molar refractivity (Wildman–Crippen MR) is 60.2 cm³/mol. The average Bonchev–Trinajstić information content (AvgIpc) is 2.29. The molecular formula is C11H14N2O3. The van der Waals surface area contributed by atoms with Crippen LogP contribution in [0.4, 0.5) is 10.5 Å². The number of carbonyl (C=O) groups excluding carboxylic acids is 2. The molecule has 0 aromatic heterocycles. The van der Waals surface area contributed by atoms with E-state index in [9.17, 15) is 9.59 Å². The number of anilines is 1. The van der Waals surface area contributed by atoms with Crippen molar-refractivity contribution >= 4 is 17.7 Å². The Balaban J connectivity index is 2.71. The van der Waals surface area contributed by atoms with Gasteiger partial charge in [-0.2, -0.15) is 0 Å². The summed E-state index contributed by atoms with van der Waals surface area (Å²) in [5.41, 5.74) is 1.43. The third-order valence-corrected chi connectivity index (χ3v) is 1.99. The molecule has 0 spiro atoms. The van der Waals surface area contributed by atoms with Gasteiger partial charge in [0.1, 0.15) is 0 Å². The van der Waals surface area contributed by atoms with Gasteiger partial charge < -0.3 is 15.4 Å². The maximum absolute atomic E-state index is 11.1. The van der Waals surface area contributed by atoms with Gasteiger partial charge in [0, 0.05) is 12.7 Å². The zero-order valence-electron chi connectivity index (χ0n) is 9.24. The molecule has 2 N–H and O–H groups in total. The Hall–Kier alpha value is -2.04. The number of rotatable bonds is 3. The third kappa shape index (κ3) is 3.61. The van der Waals surface area contributed by atoms with Gasteiger partial charge in [0.2, 0.25) is 0 Å². The smallest absolute Gasteiger partial charge is 0.318 e. The Morgan fingerprint density at radius 2 is 2.12 bits per heavy atom. The molecule has 0 unspecified atom stereocenters. The zero-order valence-corrected chi connectivity index (χ0v) is 9.24. The van der Waals surface area contributed by atoms with Crippen LogP contribution in [0, 0.1) is 0 Å². The van der Waals surface area contributed by atoms with Gasteiger partial charge in [-0.3, -0.25) is 4.79 Å². The highest BCUT2D eigenvalue weighted by Crippen LogP contribution is 2.11. The fraction of sp³-hybridized carbons (Fsp3) is 0.273. The lowest BCUT2D eigenvalue weighted by atomic mass is 10.1. The maximum atomic E-state index is 11.1. The molecule has 16 heavy (non-hydrogen) atoms. The summed E-state index contributed by atoms with van der Waals surface area (Å²) in [4.78, 5) is 22.1. The summed E-state index contributed by atoms with van der Waals surface area (Å²) in [5, 5.41) is 5.06. The summed E-state index contributed by atoms with van der Waals surface area (Å²) in [5.74, 6) is -0.308. The molecule has 0 saturated carbocycles. The minimum atomic E-state index is -0.308. The van der Waals surface area contributed by atoms with Crippen LogP contribution >= 0.6 is 0 Å². The summed E-state index contributed by atoms with van der Waals surface area (Å²) in [6.45, 7) is 0. The van der Waals surface area contributed by atoms with Crippen LogP contribution < -0.4 is 10.6 Å². The Morgan fingerprint density at radius 3 is 2.75 bits per heavy atom. The van der Waals surface area contributed by atoms with Gasteiger partial charge in [0.15, 0.2) is 0 Å². The van der Waals surface area contributed by atoms with Crippen molar-refractivity contribution in [2.24, 2.45) is 0 Å². The molecule has 1 rings (SSSR count). The number of hydrogen-bond donors (Lipinski definition) is 2. The number of carbonyl (C=O) groups is 2. The molecule has 0 heterocycles. The molecule has 0 radical (unpaired) electrons. The van der Waals surface area contributed by atoms with Gasteiger partial charge in [0.05, 0.1) is 13.5 Å². The Labute approximate surface area is 93.8 Å². The van der Waals surface area contributed by atoms with Gasteiger partial charge in [-0.15, -0.1) is 0 Å². The number of benzene rings is 1. The van der Waals surface area contributed by atoms with Crippen molar-refractivity contribution in [2.45, 2.75) is 6.42 Å². The van der Waals surface area contributed by atoms with Gasteiger partial charge in [-0.25, -0.2) is 4.79 Å². The lowest BCUT2D eigenvalue weighted by Gasteiger charge is -2.06. The second kappa shape index (κ2) is 5.75. The van der Waals surface area contributed by atoms with Crippen molar-refractivity contribution in [3.63, 3.8) is 0 Å². The third-order valence-electron chi connectivity index (χ3n) is 1.99. The SMILES string of the molecule is CNC(=O)Nc1cccc(CC(=O)OC)c1. The molecule has 0 aliphatic rings. The highest BCUT2D eigenvalue weighted by Gasteiger charge is 2.04. The molecule has 86 valence electrons. The van der Waals surface area contributed by atoms with E-state index in [1.54, 1.807) is 24.3 Å². The highest BCUT2D eigenvalue weighted by atomic mass is 16.5. The number of esters is 1. The van der Waals surface area contributed by atoms with Crippen molar-refractivity contribution < 1.29 is 14.3 Å². The molecule has 0 atom stereocenters. The summed E-state index contributed by atoms with van der Waals surface area (Å²) < 4.78 is 4.56. The minimum Gasteiger partial charge on any atom is -0.469 e. The van der Waals surface area contributed by atoms with Crippen molar-refractivity contribution in [1.29, 1.82) is 0 Å². The quantitative estimate of drug-likeness (QED) is 0.754. The van der Waals surface area contributed by atoms with Crippen LogP contribution in [0.1, 0.15) is 5.56 Å². The van der Waals surface area contributed by atoms with Crippen LogP contribution in [-0.2, 0) is 16.0 Å². The van der Waals surface area contributed by atoms with Gasteiger partial charge >= 0.3 is 12.0 Å². The monoisotopic (exact) mass is 222 g/mol. The van der Waals surface area contributed by atoms with E-state index in [2.05, 4.69) is 15.4 Å². The maximum Gasteiger partial charge on any atom is 0.318 e. The molecule has 5 heteroatoms. The number of urea groups is 1. The number of amides is 2. The molecule has 1 aromatic rings. The predicted octanol–water partition coefficient (Wildman–Crippen LogP) is 1.15. The van der Waals surface area contributed by atoms with E-state index in [-0.39, 0.29) is 18.4 Å². The first kappa shape index (κ1) is 12.0. The fourth-order valence-electron chi connectivity index (χ4n) is 1.19. The topological polar surface area (TPSA) is 67.4 Å². The van der Waals surface area contributed by atoms with E-state index in [0.717, 1.165) is 5.56 Å². The summed E-state index contributed by atoms with van der Waals surface area (Å²) in [6.07, 6.45) is 0.194. The summed E-state index contributed by atoms with van der Waals surface area (Å²) in [6, 6.07) is 6.74. The lowest BCUT2D eigenvalue weighted by Crippen LogP contribution is -2.24. The van der Waals surface area contributed by atoms with Gasteiger partial charge in [-0.05, 0) is 17.7 Å². The molecule has 5 nitrogen and oxygen atoms in total. The first-order valence-electron chi connectivity index (χ1n) is 4.80. The number of hydrogen-bond acceptors (Lipinski definition) is 3. The van der Waals surface area contributed by atoms with E-state index < -0.39 is 0 Å². The van der Waals surface area contributed by atoms with E-state index in [0.29, 0.717) is 5.69 Å². The molecule has 0 fully saturated rings. The van der Waals surface area contributed by atoms with Crippen molar-refractivity contribution in [1.82, 2.24) is 5.32 Å². The fourth-order valence-corrected chi connectivity index (χ4v) is 1.19. The lowest BCUT2D eigenvalue weighted by molar-refractivity contribution is -0.139. The molecule has 2 amide bonds. The van der Waals surface area contributed by atoms with E-state index in [1.165, 1.54) is 14.2 Å². The first-order valence-corrected chi connectivity index (χ1v) is 4.80. The first-order chi connectivity index (χ1) is 7.65. The van der Waals surface area contributed by atoms with Crippen LogP contribution in [0.3, 0.4) is 0 Å². The van der Waals surface area contributed by atoms with Crippen molar-refractivity contribution in [3.05, 3.63) is 29.8 Å². The number of methoxy groups -OCH3 is 1. The Bertz CT molecular complexity index is 357. The van der Waals surface area contributed by atoms with Gasteiger partial charge in [0.25, 0.3) is 0 Å². The van der Waals surface area contributed by atoms with E-state index >= 15 is 0 Å². The van der Waals surface area contributed by atoms with Crippen LogP contribution in [-0.4, -0.2) is 26.2 Å². The summed E-state index contributed by atoms with van der Waals surface area (Å²) in [7, 11) is 2.88. The second-order valence-corrected chi connectivity index (χ2v) is 3.16.